The first kappa shape index (κ1) is 12.3. The van der Waals surface area contributed by atoms with Gasteiger partial charge in [0.15, 0.2) is 0 Å². The Hall–Kier alpha value is -0.770. The van der Waals surface area contributed by atoms with Gasteiger partial charge in [-0.2, -0.15) is 0 Å². The maximum absolute atomic E-state index is 11.4. The first-order valence-electron chi connectivity index (χ1n) is 5.84. The predicted octanol–water partition coefficient (Wildman–Crippen LogP) is 1.13. The van der Waals surface area contributed by atoms with Gasteiger partial charge in [-0.25, -0.2) is 4.79 Å². The number of nitrogens with one attached hydrogen (secondary N) is 1. The van der Waals surface area contributed by atoms with Crippen LogP contribution in [0.15, 0.2) is 0 Å². The average molecular weight is 213 g/mol. The van der Waals surface area contributed by atoms with Gasteiger partial charge in [-0.3, -0.25) is 0 Å². The molecular weight excluding hydrogens is 190 g/mol. The minimum absolute atomic E-state index is 0.105. The van der Waals surface area contributed by atoms with Crippen molar-refractivity contribution in [3.8, 4) is 0 Å². The van der Waals surface area contributed by atoms with Crippen molar-refractivity contribution in [1.82, 2.24) is 15.1 Å². The molecule has 0 aromatic rings. The topological polar surface area (TPSA) is 35.6 Å². The summed E-state index contributed by atoms with van der Waals surface area (Å²) in [5.41, 5.74) is 0. The average Bonchev–Trinajstić information content (AvgIpc) is 2.20. The highest BCUT2D eigenvalue weighted by Gasteiger charge is 2.16. The molecule has 0 radical (unpaired) electrons. The van der Waals surface area contributed by atoms with Crippen LogP contribution in [0.1, 0.15) is 26.7 Å². The predicted molar refractivity (Wildman–Crippen MR) is 62.0 cm³/mol. The zero-order valence-electron chi connectivity index (χ0n) is 10.1. The lowest BCUT2D eigenvalue weighted by molar-refractivity contribution is 0.179. The molecular formula is C11H23N3O. The third-order valence-electron chi connectivity index (χ3n) is 2.99. The Bertz CT molecular complexity index is 206. The number of urea groups is 1. The highest BCUT2D eigenvalue weighted by atomic mass is 16.2. The van der Waals surface area contributed by atoms with Crippen LogP contribution >= 0.6 is 0 Å². The number of amides is 2. The molecule has 1 aliphatic heterocycles. The summed E-state index contributed by atoms with van der Waals surface area (Å²) in [5.74, 6) is 0. The molecule has 0 spiro atoms. The fourth-order valence-electron chi connectivity index (χ4n) is 1.66. The van der Waals surface area contributed by atoms with Crippen molar-refractivity contribution in [2.75, 3.05) is 33.2 Å². The molecule has 1 heterocycles. The first-order valence-corrected chi connectivity index (χ1v) is 5.84. The minimum atomic E-state index is 0.105. The Morgan fingerprint density at radius 2 is 2.27 bits per heavy atom. The fourth-order valence-corrected chi connectivity index (χ4v) is 1.66. The van der Waals surface area contributed by atoms with E-state index in [2.05, 4.69) is 31.1 Å². The standard InChI is InChI=1S/C11H23N3O/c1-10(2)13(3)7-5-9-14-8-4-6-12-11(14)15/h10H,4-9H2,1-3H3,(H,12,15). The van der Waals surface area contributed by atoms with E-state index in [0.29, 0.717) is 6.04 Å². The first-order chi connectivity index (χ1) is 7.11. The van der Waals surface area contributed by atoms with Gasteiger partial charge in [0.1, 0.15) is 0 Å². The fraction of sp³-hybridized carbons (Fsp3) is 0.909. The summed E-state index contributed by atoms with van der Waals surface area (Å²) in [6.07, 6.45) is 2.13. The summed E-state index contributed by atoms with van der Waals surface area (Å²) >= 11 is 0. The molecule has 4 nitrogen and oxygen atoms in total. The van der Waals surface area contributed by atoms with Gasteiger partial charge in [-0.15, -0.1) is 0 Å². The van der Waals surface area contributed by atoms with Gasteiger partial charge in [-0.1, -0.05) is 0 Å². The Morgan fingerprint density at radius 1 is 1.53 bits per heavy atom. The molecule has 4 heteroatoms. The number of nitrogens with zero attached hydrogens (tertiary/aromatic N) is 2. The molecule has 1 saturated heterocycles. The lowest BCUT2D eigenvalue weighted by atomic mass is 10.2. The summed E-state index contributed by atoms with van der Waals surface area (Å²) in [4.78, 5) is 15.6. The van der Waals surface area contributed by atoms with Gasteiger partial charge in [0.05, 0.1) is 0 Å². The highest BCUT2D eigenvalue weighted by Crippen LogP contribution is 2.02. The Morgan fingerprint density at radius 3 is 2.87 bits per heavy atom. The molecule has 0 aliphatic carbocycles. The van der Waals surface area contributed by atoms with E-state index >= 15 is 0 Å². The van der Waals surface area contributed by atoms with Crippen molar-refractivity contribution in [3.05, 3.63) is 0 Å². The Labute approximate surface area is 92.6 Å². The SMILES string of the molecule is CC(C)N(C)CCCN1CCCNC1=O. The van der Waals surface area contributed by atoms with Crippen LogP contribution in [0.25, 0.3) is 0 Å². The lowest BCUT2D eigenvalue weighted by Gasteiger charge is -2.28. The van der Waals surface area contributed by atoms with Gasteiger partial charge in [-0.05, 0) is 40.3 Å². The van der Waals surface area contributed by atoms with E-state index in [9.17, 15) is 4.79 Å². The van der Waals surface area contributed by atoms with Crippen molar-refractivity contribution in [2.45, 2.75) is 32.7 Å². The van der Waals surface area contributed by atoms with Gasteiger partial charge in [0.25, 0.3) is 0 Å². The zero-order chi connectivity index (χ0) is 11.3. The molecule has 0 aromatic heterocycles. The summed E-state index contributed by atoms with van der Waals surface area (Å²) in [6, 6.07) is 0.689. The molecule has 15 heavy (non-hydrogen) atoms. The highest BCUT2D eigenvalue weighted by molar-refractivity contribution is 5.74. The number of carbonyl (C=O) groups is 1. The summed E-state index contributed by atoms with van der Waals surface area (Å²) in [7, 11) is 2.13. The Balaban J connectivity index is 2.16. The van der Waals surface area contributed by atoms with Crippen LogP contribution in [0.4, 0.5) is 4.79 Å². The lowest BCUT2D eigenvalue weighted by Crippen LogP contribution is -2.47. The number of hydrogen-bond acceptors (Lipinski definition) is 2. The van der Waals surface area contributed by atoms with E-state index in [-0.39, 0.29) is 6.03 Å². The summed E-state index contributed by atoms with van der Waals surface area (Å²) < 4.78 is 0. The van der Waals surface area contributed by atoms with Crippen LogP contribution in [-0.2, 0) is 0 Å². The van der Waals surface area contributed by atoms with E-state index < -0.39 is 0 Å². The van der Waals surface area contributed by atoms with Crippen molar-refractivity contribution in [3.63, 3.8) is 0 Å². The van der Waals surface area contributed by atoms with E-state index in [0.717, 1.165) is 39.0 Å². The maximum Gasteiger partial charge on any atom is 0.317 e. The normalized spacial score (nSPS) is 17.4. The molecule has 1 rings (SSSR count). The van der Waals surface area contributed by atoms with Crippen molar-refractivity contribution in [1.29, 1.82) is 0 Å². The monoisotopic (exact) mass is 213 g/mol. The Kier molecular flexibility index (Phi) is 4.88. The molecule has 1 aliphatic rings. The van der Waals surface area contributed by atoms with Crippen LogP contribution in [0.5, 0.6) is 0 Å². The third-order valence-corrected chi connectivity index (χ3v) is 2.99. The van der Waals surface area contributed by atoms with Gasteiger partial charge in [0.2, 0.25) is 0 Å². The van der Waals surface area contributed by atoms with Gasteiger partial charge >= 0.3 is 6.03 Å². The van der Waals surface area contributed by atoms with Crippen LogP contribution in [0.2, 0.25) is 0 Å². The number of hydrogen-bond donors (Lipinski definition) is 1. The largest absolute Gasteiger partial charge is 0.338 e. The summed E-state index contributed by atoms with van der Waals surface area (Å²) in [5, 5.41) is 2.87. The van der Waals surface area contributed by atoms with Crippen LogP contribution in [0, 0.1) is 0 Å². The maximum atomic E-state index is 11.4. The van der Waals surface area contributed by atoms with Crippen LogP contribution < -0.4 is 5.32 Å². The van der Waals surface area contributed by atoms with E-state index in [4.69, 9.17) is 0 Å². The number of rotatable bonds is 5. The molecule has 0 aromatic carbocycles. The molecule has 0 bridgehead atoms. The van der Waals surface area contributed by atoms with Crippen LogP contribution in [-0.4, -0.2) is 55.1 Å². The zero-order valence-corrected chi connectivity index (χ0v) is 10.1. The van der Waals surface area contributed by atoms with E-state index in [1.807, 2.05) is 4.90 Å². The molecule has 1 N–H and O–H groups in total. The molecule has 1 fully saturated rings. The number of carbonyl (C=O) groups excluding carboxylic acids is 1. The summed E-state index contributed by atoms with van der Waals surface area (Å²) in [6.45, 7) is 8.06. The van der Waals surface area contributed by atoms with Crippen molar-refractivity contribution in [2.24, 2.45) is 0 Å². The van der Waals surface area contributed by atoms with Crippen molar-refractivity contribution < 1.29 is 4.79 Å². The molecule has 88 valence electrons. The smallest absolute Gasteiger partial charge is 0.317 e. The molecule has 2 amide bonds. The van der Waals surface area contributed by atoms with Crippen LogP contribution in [0.3, 0.4) is 0 Å². The quantitative estimate of drug-likeness (QED) is 0.743. The van der Waals surface area contributed by atoms with E-state index in [1.165, 1.54) is 0 Å². The second-order valence-corrected chi connectivity index (χ2v) is 4.50. The van der Waals surface area contributed by atoms with Crippen molar-refractivity contribution >= 4 is 6.03 Å². The third kappa shape index (κ3) is 4.08. The minimum Gasteiger partial charge on any atom is -0.338 e. The molecule has 0 saturated carbocycles. The van der Waals surface area contributed by atoms with E-state index in [1.54, 1.807) is 0 Å². The van der Waals surface area contributed by atoms with Gasteiger partial charge < -0.3 is 15.1 Å². The van der Waals surface area contributed by atoms with Gasteiger partial charge in [0, 0.05) is 25.7 Å². The second kappa shape index (κ2) is 5.95. The molecule has 0 unspecified atom stereocenters. The molecule has 0 atom stereocenters. The second-order valence-electron chi connectivity index (χ2n) is 4.50.